The van der Waals surface area contributed by atoms with Crippen LogP contribution in [0.15, 0.2) is 66.7 Å². The van der Waals surface area contributed by atoms with Crippen LogP contribution in [-0.2, 0) is 19.8 Å². The minimum absolute atomic E-state index is 0.0534. The summed E-state index contributed by atoms with van der Waals surface area (Å²) in [5.41, 5.74) is 2.88. The molecule has 0 saturated heterocycles. The van der Waals surface area contributed by atoms with Gasteiger partial charge >= 0.3 is 0 Å². The van der Waals surface area contributed by atoms with Crippen molar-refractivity contribution in [1.29, 1.82) is 0 Å². The van der Waals surface area contributed by atoms with Crippen molar-refractivity contribution in [2.24, 2.45) is 0 Å². The van der Waals surface area contributed by atoms with Gasteiger partial charge in [-0.05, 0) is 65.9 Å². The van der Waals surface area contributed by atoms with Gasteiger partial charge in [-0.15, -0.1) is 0 Å². The van der Waals surface area contributed by atoms with E-state index in [9.17, 15) is 5.11 Å². The number of ether oxygens (including phenoxy) is 4. The Balaban J connectivity index is 1.34. The smallest absolute Gasteiger partial charge is 0.162 e. The van der Waals surface area contributed by atoms with Crippen LogP contribution in [0.25, 0.3) is 0 Å². The van der Waals surface area contributed by atoms with Gasteiger partial charge in [-0.25, -0.2) is 0 Å². The van der Waals surface area contributed by atoms with Gasteiger partial charge < -0.3 is 24.1 Å². The van der Waals surface area contributed by atoms with Crippen molar-refractivity contribution in [1.82, 2.24) is 0 Å². The molecular weight excluding hydrogens is 596 g/mol. The normalized spacial score (nSPS) is 11.1. The van der Waals surface area contributed by atoms with Crippen molar-refractivity contribution in [2.45, 2.75) is 149 Å². The summed E-state index contributed by atoms with van der Waals surface area (Å²) in [7, 11) is 0. The molecular formula is C43H64O5. The van der Waals surface area contributed by atoms with Crippen LogP contribution >= 0.6 is 0 Å². The topological polar surface area (TPSA) is 57.2 Å². The first-order valence-electron chi connectivity index (χ1n) is 19.1. The molecule has 0 heterocycles. The van der Waals surface area contributed by atoms with Crippen molar-refractivity contribution in [3.63, 3.8) is 0 Å². The Labute approximate surface area is 292 Å². The molecule has 0 aliphatic heterocycles. The fourth-order valence-corrected chi connectivity index (χ4v) is 5.77. The lowest BCUT2D eigenvalue weighted by Gasteiger charge is -2.15. The van der Waals surface area contributed by atoms with Crippen molar-refractivity contribution in [2.75, 3.05) is 13.2 Å². The first-order chi connectivity index (χ1) is 23.7. The van der Waals surface area contributed by atoms with Gasteiger partial charge in [0.05, 0.1) is 19.8 Å². The number of hydrogen-bond acceptors (Lipinski definition) is 5. The van der Waals surface area contributed by atoms with Crippen LogP contribution in [0.2, 0.25) is 0 Å². The standard InChI is InChI=1S/C43H64O5/c1-3-5-7-9-11-13-14-16-18-20-32-46-41-28-23-38(24-29-41)36-48-43-33-39(34-44)25-30-42(43)47-35-37-21-26-40(27-22-37)45-31-19-17-15-12-10-8-6-4-2/h21-30,33,44H,3-20,31-32,34-36H2,1-2H3. The highest BCUT2D eigenvalue weighted by Gasteiger charge is 2.09. The van der Waals surface area contributed by atoms with Crippen molar-refractivity contribution in [3.8, 4) is 23.0 Å². The Morgan fingerprint density at radius 1 is 0.396 bits per heavy atom. The minimum Gasteiger partial charge on any atom is -0.494 e. The number of unbranched alkanes of at least 4 members (excludes halogenated alkanes) is 16. The summed E-state index contributed by atoms with van der Waals surface area (Å²) >= 11 is 0. The maximum atomic E-state index is 9.70. The van der Waals surface area contributed by atoms with E-state index >= 15 is 0 Å². The fraction of sp³-hybridized carbons (Fsp3) is 0.581. The molecule has 0 aliphatic rings. The molecule has 0 bridgehead atoms. The maximum absolute atomic E-state index is 9.70. The van der Waals surface area contributed by atoms with E-state index in [0.29, 0.717) is 24.7 Å². The largest absolute Gasteiger partial charge is 0.494 e. The predicted octanol–water partition coefficient (Wildman–Crippen LogP) is 12.2. The summed E-state index contributed by atoms with van der Waals surface area (Å²) in [6.07, 6.45) is 23.6. The highest BCUT2D eigenvalue weighted by Crippen LogP contribution is 2.30. The molecule has 0 radical (unpaired) electrons. The Kier molecular flexibility index (Phi) is 21.1. The number of aliphatic hydroxyl groups is 1. The van der Waals surface area contributed by atoms with Crippen molar-refractivity contribution in [3.05, 3.63) is 83.4 Å². The van der Waals surface area contributed by atoms with Gasteiger partial charge in [0.25, 0.3) is 0 Å². The molecule has 0 atom stereocenters. The second-order valence-electron chi connectivity index (χ2n) is 13.2. The summed E-state index contributed by atoms with van der Waals surface area (Å²) in [5, 5.41) is 9.70. The van der Waals surface area contributed by atoms with E-state index in [0.717, 1.165) is 54.2 Å². The molecule has 48 heavy (non-hydrogen) atoms. The van der Waals surface area contributed by atoms with E-state index in [4.69, 9.17) is 18.9 Å². The first-order valence-corrected chi connectivity index (χ1v) is 19.1. The Hall–Kier alpha value is -3.18. The number of rotatable bonds is 29. The van der Waals surface area contributed by atoms with Gasteiger partial charge in [0.15, 0.2) is 11.5 Å². The van der Waals surface area contributed by atoms with Crippen LogP contribution in [0.4, 0.5) is 0 Å². The number of benzene rings is 3. The third-order valence-electron chi connectivity index (χ3n) is 8.86. The quantitative estimate of drug-likeness (QED) is 0.0751. The van der Waals surface area contributed by atoms with E-state index in [2.05, 4.69) is 13.8 Å². The Morgan fingerprint density at radius 3 is 1.19 bits per heavy atom. The number of hydrogen-bond donors (Lipinski definition) is 1. The molecule has 3 aromatic rings. The highest BCUT2D eigenvalue weighted by atomic mass is 16.5. The average molecular weight is 661 g/mol. The van der Waals surface area contributed by atoms with Gasteiger partial charge in [-0.1, -0.05) is 147 Å². The Bertz CT molecular complexity index is 1190. The van der Waals surface area contributed by atoms with Crippen LogP contribution in [0.3, 0.4) is 0 Å². The molecule has 5 nitrogen and oxygen atoms in total. The van der Waals surface area contributed by atoms with Gasteiger partial charge in [-0.2, -0.15) is 0 Å². The van der Waals surface area contributed by atoms with Crippen LogP contribution in [0.1, 0.15) is 146 Å². The molecule has 266 valence electrons. The molecule has 0 saturated carbocycles. The molecule has 0 spiro atoms. The van der Waals surface area contributed by atoms with Gasteiger partial charge in [-0.3, -0.25) is 0 Å². The highest BCUT2D eigenvalue weighted by molar-refractivity contribution is 5.43. The fourth-order valence-electron chi connectivity index (χ4n) is 5.77. The summed E-state index contributed by atoms with van der Waals surface area (Å²) < 4.78 is 24.3. The molecule has 0 amide bonds. The molecule has 0 unspecified atom stereocenters. The zero-order valence-corrected chi connectivity index (χ0v) is 30.2. The molecule has 0 fully saturated rings. The zero-order chi connectivity index (χ0) is 33.9. The lowest BCUT2D eigenvalue weighted by atomic mass is 10.1. The molecule has 3 aromatic carbocycles. The van der Waals surface area contributed by atoms with Crippen molar-refractivity contribution >= 4 is 0 Å². The number of aliphatic hydroxyl groups excluding tert-OH is 1. The average Bonchev–Trinajstić information content (AvgIpc) is 3.12. The SMILES string of the molecule is CCCCCCCCCCCCOc1ccc(COc2cc(CO)ccc2OCc2ccc(OCCCCCCCCCC)cc2)cc1. The molecule has 1 N–H and O–H groups in total. The van der Waals surface area contributed by atoms with E-state index in [-0.39, 0.29) is 6.61 Å². The summed E-state index contributed by atoms with van der Waals surface area (Å²) in [6, 6.07) is 21.8. The minimum atomic E-state index is -0.0534. The van der Waals surface area contributed by atoms with Crippen LogP contribution < -0.4 is 18.9 Å². The van der Waals surface area contributed by atoms with Crippen LogP contribution in [-0.4, -0.2) is 18.3 Å². The second kappa shape index (κ2) is 25.8. The van der Waals surface area contributed by atoms with Crippen molar-refractivity contribution < 1.29 is 24.1 Å². The van der Waals surface area contributed by atoms with E-state index in [1.54, 1.807) is 0 Å². The van der Waals surface area contributed by atoms with Crippen LogP contribution in [0.5, 0.6) is 23.0 Å². The van der Waals surface area contributed by atoms with E-state index in [1.807, 2.05) is 66.7 Å². The zero-order valence-electron chi connectivity index (χ0n) is 30.2. The molecule has 3 rings (SSSR count). The molecule has 5 heteroatoms. The molecule has 0 aliphatic carbocycles. The van der Waals surface area contributed by atoms with Gasteiger partial charge in [0, 0.05) is 0 Å². The monoisotopic (exact) mass is 660 g/mol. The lowest BCUT2D eigenvalue weighted by Crippen LogP contribution is -2.02. The predicted molar refractivity (Wildman–Crippen MR) is 199 cm³/mol. The first kappa shape index (κ1) is 39.3. The van der Waals surface area contributed by atoms with Crippen LogP contribution in [0, 0.1) is 0 Å². The third kappa shape index (κ3) is 17.3. The molecule has 0 aromatic heterocycles. The van der Waals surface area contributed by atoms with Gasteiger partial charge in [0.2, 0.25) is 0 Å². The van der Waals surface area contributed by atoms with E-state index in [1.165, 1.54) is 103 Å². The van der Waals surface area contributed by atoms with E-state index < -0.39 is 0 Å². The summed E-state index contributed by atoms with van der Waals surface area (Å²) in [6.45, 7) is 6.81. The van der Waals surface area contributed by atoms with Gasteiger partial charge in [0.1, 0.15) is 24.7 Å². The lowest BCUT2D eigenvalue weighted by molar-refractivity contribution is 0.252. The second-order valence-corrected chi connectivity index (χ2v) is 13.2. The Morgan fingerprint density at radius 2 is 0.771 bits per heavy atom. The maximum Gasteiger partial charge on any atom is 0.162 e. The summed E-state index contributed by atoms with van der Waals surface area (Å²) in [5.74, 6) is 3.06. The third-order valence-corrected chi connectivity index (χ3v) is 8.86. The summed E-state index contributed by atoms with van der Waals surface area (Å²) in [4.78, 5) is 0.